The molecule has 0 aliphatic carbocycles. The molecular formula is C23H22. The minimum atomic E-state index is 0. The average molecular weight is 298 g/mol. The largest absolute Gasteiger partial charge is 0.0776 e. The van der Waals surface area contributed by atoms with E-state index in [1.54, 1.807) is 0 Å². The summed E-state index contributed by atoms with van der Waals surface area (Å²) in [6, 6.07) is 26.7. The molecule has 0 heteroatoms. The molecule has 4 aromatic carbocycles. The van der Waals surface area contributed by atoms with Gasteiger partial charge in [-0.05, 0) is 58.7 Å². The van der Waals surface area contributed by atoms with Crippen LogP contribution in [0.5, 0.6) is 0 Å². The van der Waals surface area contributed by atoms with Gasteiger partial charge in [0.1, 0.15) is 0 Å². The molecule has 0 amide bonds. The van der Waals surface area contributed by atoms with Crippen molar-refractivity contribution in [3.63, 3.8) is 0 Å². The van der Waals surface area contributed by atoms with Gasteiger partial charge in [-0.2, -0.15) is 0 Å². The van der Waals surface area contributed by atoms with Crippen LogP contribution in [0.3, 0.4) is 0 Å². The smallest absolute Gasteiger partial charge is 0.0177 e. The minimum Gasteiger partial charge on any atom is -0.0776 e. The van der Waals surface area contributed by atoms with E-state index in [0.29, 0.717) is 0 Å². The van der Waals surface area contributed by atoms with Crippen molar-refractivity contribution in [2.75, 3.05) is 0 Å². The number of rotatable bonds is 1. The highest BCUT2D eigenvalue weighted by molar-refractivity contribution is 5.91. The van der Waals surface area contributed by atoms with Gasteiger partial charge in [0.05, 0.1) is 0 Å². The molecule has 0 aliphatic rings. The number of hydrogen-bond acceptors (Lipinski definition) is 0. The van der Waals surface area contributed by atoms with E-state index < -0.39 is 0 Å². The zero-order chi connectivity index (χ0) is 15.1. The molecule has 23 heavy (non-hydrogen) atoms. The normalized spacial score (nSPS) is 10.7. The molecule has 0 unspecified atom stereocenters. The Morgan fingerprint density at radius 1 is 0.435 bits per heavy atom. The first-order chi connectivity index (χ1) is 10.7. The van der Waals surface area contributed by atoms with Crippen molar-refractivity contribution >= 4 is 21.5 Å². The molecule has 0 radical (unpaired) electrons. The highest BCUT2D eigenvalue weighted by Crippen LogP contribution is 2.28. The number of hydrogen-bond donors (Lipinski definition) is 0. The highest BCUT2D eigenvalue weighted by Gasteiger charge is 2.02. The predicted molar refractivity (Wildman–Crippen MR) is 103 cm³/mol. The molecule has 4 rings (SSSR count). The SMILES string of the molecule is C.Cc1ccc2cc(-c3ccc4cc(C)ccc4c3)ccc2c1. The predicted octanol–water partition coefficient (Wildman–Crippen LogP) is 6.91. The average Bonchev–Trinajstić information content (AvgIpc) is 2.54. The lowest BCUT2D eigenvalue weighted by atomic mass is 9.97. The molecule has 114 valence electrons. The first kappa shape index (κ1) is 15.3. The molecule has 0 spiro atoms. The second-order valence-electron chi connectivity index (χ2n) is 6.13. The van der Waals surface area contributed by atoms with Gasteiger partial charge in [0.15, 0.2) is 0 Å². The Labute approximate surface area is 138 Å². The summed E-state index contributed by atoms with van der Waals surface area (Å²) in [6.07, 6.45) is 0. The van der Waals surface area contributed by atoms with E-state index in [1.807, 2.05) is 0 Å². The maximum Gasteiger partial charge on any atom is -0.0177 e. The van der Waals surface area contributed by atoms with E-state index in [4.69, 9.17) is 0 Å². The zero-order valence-corrected chi connectivity index (χ0v) is 12.9. The Morgan fingerprint density at radius 2 is 0.783 bits per heavy atom. The summed E-state index contributed by atoms with van der Waals surface area (Å²) < 4.78 is 0. The summed E-state index contributed by atoms with van der Waals surface area (Å²) in [4.78, 5) is 0. The van der Waals surface area contributed by atoms with E-state index in [1.165, 1.54) is 43.8 Å². The van der Waals surface area contributed by atoms with Gasteiger partial charge in [-0.25, -0.2) is 0 Å². The van der Waals surface area contributed by atoms with Gasteiger partial charge in [-0.15, -0.1) is 0 Å². The number of fused-ring (bicyclic) bond motifs is 2. The first-order valence-corrected chi connectivity index (χ1v) is 7.70. The van der Waals surface area contributed by atoms with Crippen LogP contribution in [0.2, 0.25) is 0 Å². The lowest BCUT2D eigenvalue weighted by Crippen LogP contribution is -1.82. The van der Waals surface area contributed by atoms with Gasteiger partial charge in [0.25, 0.3) is 0 Å². The summed E-state index contributed by atoms with van der Waals surface area (Å²) in [5.41, 5.74) is 5.17. The summed E-state index contributed by atoms with van der Waals surface area (Å²) >= 11 is 0. The molecule has 0 bridgehead atoms. The van der Waals surface area contributed by atoms with Crippen LogP contribution >= 0.6 is 0 Å². The Kier molecular flexibility index (Phi) is 3.92. The van der Waals surface area contributed by atoms with Crippen molar-refractivity contribution < 1.29 is 0 Å². The molecule has 0 fully saturated rings. The van der Waals surface area contributed by atoms with Crippen LogP contribution < -0.4 is 0 Å². The third-order valence-electron chi connectivity index (χ3n) is 4.32. The van der Waals surface area contributed by atoms with Crippen LogP contribution in [0.4, 0.5) is 0 Å². The Hall–Kier alpha value is -2.60. The molecule has 0 saturated heterocycles. The van der Waals surface area contributed by atoms with E-state index in [0.717, 1.165) is 0 Å². The van der Waals surface area contributed by atoms with E-state index >= 15 is 0 Å². The van der Waals surface area contributed by atoms with Gasteiger partial charge < -0.3 is 0 Å². The third kappa shape index (κ3) is 2.85. The van der Waals surface area contributed by atoms with Crippen molar-refractivity contribution in [1.29, 1.82) is 0 Å². The van der Waals surface area contributed by atoms with Crippen LogP contribution in [0, 0.1) is 13.8 Å². The van der Waals surface area contributed by atoms with Crippen LogP contribution in [-0.4, -0.2) is 0 Å². The van der Waals surface area contributed by atoms with Crippen molar-refractivity contribution in [3.05, 3.63) is 83.9 Å². The van der Waals surface area contributed by atoms with Crippen molar-refractivity contribution in [2.24, 2.45) is 0 Å². The van der Waals surface area contributed by atoms with Gasteiger partial charge in [0, 0.05) is 0 Å². The maximum absolute atomic E-state index is 2.28. The standard InChI is InChI=1S/C22H18.CH4/c1-15-3-5-19-13-21(9-7-17(19)11-15)22-10-8-18-12-16(2)4-6-20(18)14-22;/h3-14H,1-2H3;1H4. The Balaban J connectivity index is 0.00000156. The molecule has 0 heterocycles. The molecule has 0 saturated carbocycles. The molecule has 0 nitrogen and oxygen atoms in total. The van der Waals surface area contributed by atoms with Crippen LogP contribution in [-0.2, 0) is 0 Å². The Bertz CT molecular complexity index is 910. The molecular weight excluding hydrogens is 276 g/mol. The molecule has 0 aromatic heterocycles. The highest BCUT2D eigenvalue weighted by atomic mass is 14.1. The van der Waals surface area contributed by atoms with Crippen molar-refractivity contribution in [3.8, 4) is 11.1 Å². The summed E-state index contributed by atoms with van der Waals surface area (Å²) in [7, 11) is 0. The maximum atomic E-state index is 2.28. The van der Waals surface area contributed by atoms with Gasteiger partial charge in [0.2, 0.25) is 0 Å². The lowest BCUT2D eigenvalue weighted by molar-refractivity contribution is 1.50. The first-order valence-electron chi connectivity index (χ1n) is 7.70. The van der Waals surface area contributed by atoms with Crippen molar-refractivity contribution in [1.82, 2.24) is 0 Å². The molecule has 0 N–H and O–H groups in total. The van der Waals surface area contributed by atoms with Crippen LogP contribution in [0.1, 0.15) is 18.6 Å². The quantitative estimate of drug-likeness (QED) is 0.358. The van der Waals surface area contributed by atoms with Crippen LogP contribution in [0.25, 0.3) is 32.7 Å². The second-order valence-corrected chi connectivity index (χ2v) is 6.13. The molecule has 0 atom stereocenters. The van der Waals surface area contributed by atoms with E-state index in [-0.39, 0.29) is 7.43 Å². The minimum absolute atomic E-state index is 0. The van der Waals surface area contributed by atoms with Gasteiger partial charge in [-0.3, -0.25) is 0 Å². The lowest BCUT2D eigenvalue weighted by Gasteiger charge is -2.07. The Morgan fingerprint density at radius 3 is 1.22 bits per heavy atom. The van der Waals surface area contributed by atoms with Gasteiger partial charge >= 0.3 is 0 Å². The van der Waals surface area contributed by atoms with E-state index in [9.17, 15) is 0 Å². The summed E-state index contributed by atoms with van der Waals surface area (Å²) in [6.45, 7) is 4.28. The number of aryl methyl sites for hydroxylation is 2. The summed E-state index contributed by atoms with van der Waals surface area (Å²) in [5, 5.41) is 5.21. The van der Waals surface area contributed by atoms with Crippen LogP contribution in [0.15, 0.2) is 72.8 Å². The van der Waals surface area contributed by atoms with Crippen molar-refractivity contribution in [2.45, 2.75) is 21.3 Å². The van der Waals surface area contributed by atoms with E-state index in [2.05, 4.69) is 86.6 Å². The second kappa shape index (κ2) is 5.89. The third-order valence-corrected chi connectivity index (χ3v) is 4.32. The zero-order valence-electron chi connectivity index (χ0n) is 12.9. The fourth-order valence-corrected chi connectivity index (χ4v) is 3.09. The summed E-state index contributed by atoms with van der Waals surface area (Å²) in [5.74, 6) is 0. The fourth-order valence-electron chi connectivity index (χ4n) is 3.09. The topological polar surface area (TPSA) is 0 Å². The number of benzene rings is 4. The van der Waals surface area contributed by atoms with Gasteiger partial charge in [-0.1, -0.05) is 79.2 Å². The molecule has 0 aliphatic heterocycles. The fraction of sp³-hybridized carbons (Fsp3) is 0.130. The monoisotopic (exact) mass is 298 g/mol. The molecule has 4 aromatic rings.